The quantitative estimate of drug-likeness (QED) is 0.733. The van der Waals surface area contributed by atoms with Crippen molar-refractivity contribution >= 4 is 15.9 Å². The van der Waals surface area contributed by atoms with Gasteiger partial charge >= 0.3 is 0 Å². The van der Waals surface area contributed by atoms with E-state index >= 15 is 0 Å². The first-order valence-electron chi connectivity index (χ1n) is 9.05. The van der Waals surface area contributed by atoms with E-state index in [1.165, 1.54) is 12.1 Å². The fourth-order valence-corrected chi connectivity index (χ4v) is 3.84. The highest BCUT2D eigenvalue weighted by Gasteiger charge is 2.27. The van der Waals surface area contributed by atoms with E-state index in [2.05, 4.69) is 9.63 Å². The van der Waals surface area contributed by atoms with Crippen LogP contribution in [0.5, 0.6) is 0 Å². The van der Waals surface area contributed by atoms with Crippen LogP contribution in [0, 0.1) is 6.92 Å². The van der Waals surface area contributed by atoms with E-state index in [1.807, 2.05) is 13.0 Å². The summed E-state index contributed by atoms with van der Waals surface area (Å²) in [5, 5.41) is 3.99. The lowest BCUT2D eigenvalue weighted by molar-refractivity contribution is -0.133. The van der Waals surface area contributed by atoms with Crippen LogP contribution in [0.1, 0.15) is 36.4 Å². The summed E-state index contributed by atoms with van der Waals surface area (Å²) < 4.78 is 28.6. The average molecular weight is 385 g/mol. The van der Waals surface area contributed by atoms with Crippen molar-refractivity contribution in [3.05, 3.63) is 65.7 Å². The van der Waals surface area contributed by atoms with Gasteiger partial charge in [-0.2, -0.15) is 13.5 Å². The number of amides is 1. The standard InChI is InChI=1S/C20H23N3O3S/c1-16-10-12-18(13-11-16)27(25,26)22-21-19(17-8-4-2-5-9-17)20(24)23-14-6-3-7-15-23/h2,4-5,8-13,19H,3,6-7,14-15H2,1H3. The number of carbonyl (C=O) groups excluding carboxylic acids is 1. The second-order valence-corrected chi connectivity index (χ2v) is 8.27. The van der Waals surface area contributed by atoms with Crippen LogP contribution in [-0.4, -0.2) is 32.3 Å². The fourth-order valence-electron chi connectivity index (χ4n) is 3.05. The predicted octanol–water partition coefficient (Wildman–Crippen LogP) is 3.89. The molecule has 1 aliphatic rings. The molecule has 0 spiro atoms. The molecule has 1 fully saturated rings. The molecule has 3 rings (SSSR count). The predicted molar refractivity (Wildman–Crippen MR) is 103 cm³/mol. The number of aryl methyl sites for hydroxylation is 1. The Bertz CT molecular complexity index is 903. The molecular weight excluding hydrogens is 362 g/mol. The summed E-state index contributed by atoms with van der Waals surface area (Å²) >= 11 is 0. The highest BCUT2D eigenvalue weighted by atomic mass is 32.2. The van der Waals surface area contributed by atoms with Gasteiger partial charge in [0.25, 0.3) is 15.9 Å². The van der Waals surface area contributed by atoms with Crippen molar-refractivity contribution in [1.29, 1.82) is 0 Å². The van der Waals surface area contributed by atoms with Crippen molar-refractivity contribution in [2.45, 2.75) is 37.1 Å². The van der Waals surface area contributed by atoms with Gasteiger partial charge in [0.1, 0.15) is 0 Å². The van der Waals surface area contributed by atoms with Gasteiger partial charge in [0, 0.05) is 13.1 Å². The molecule has 2 aromatic carbocycles. The molecule has 7 heteroatoms. The molecule has 0 N–H and O–H groups in total. The number of hydrogen-bond acceptors (Lipinski definition) is 4. The van der Waals surface area contributed by atoms with Crippen molar-refractivity contribution in [2.75, 3.05) is 13.1 Å². The Morgan fingerprint density at radius 2 is 1.59 bits per heavy atom. The molecule has 27 heavy (non-hydrogen) atoms. The van der Waals surface area contributed by atoms with E-state index in [0.717, 1.165) is 24.8 Å². The van der Waals surface area contributed by atoms with Crippen LogP contribution in [0.3, 0.4) is 0 Å². The third-order valence-corrected chi connectivity index (χ3v) is 5.78. The average Bonchev–Trinajstić information content (AvgIpc) is 2.70. The number of rotatable bonds is 5. The number of benzene rings is 2. The van der Waals surface area contributed by atoms with Crippen molar-refractivity contribution in [3.8, 4) is 0 Å². The second-order valence-electron chi connectivity index (χ2n) is 6.68. The SMILES string of the molecule is Cc1ccc(S(=O)(=O)N=NC(C(=O)N2CCCCC2)c2ccccc2)cc1. The number of nitrogens with zero attached hydrogens (tertiary/aromatic N) is 3. The van der Waals surface area contributed by atoms with Gasteiger partial charge in [0.2, 0.25) is 0 Å². The van der Waals surface area contributed by atoms with Crippen LogP contribution in [0.2, 0.25) is 0 Å². The van der Waals surface area contributed by atoms with Gasteiger partial charge in [-0.15, -0.1) is 0 Å². The molecule has 0 aliphatic carbocycles. The zero-order valence-corrected chi connectivity index (χ0v) is 16.1. The molecule has 1 unspecified atom stereocenters. The Morgan fingerprint density at radius 1 is 0.963 bits per heavy atom. The Kier molecular flexibility index (Phi) is 6.01. The molecule has 1 heterocycles. The third kappa shape index (κ3) is 4.80. The molecule has 0 aromatic heterocycles. The Balaban J connectivity index is 1.89. The Labute approximate surface area is 160 Å². The molecule has 6 nitrogen and oxygen atoms in total. The van der Waals surface area contributed by atoms with Crippen LogP contribution < -0.4 is 0 Å². The molecule has 2 aromatic rings. The van der Waals surface area contributed by atoms with Crippen LogP contribution in [-0.2, 0) is 14.8 Å². The highest BCUT2D eigenvalue weighted by Crippen LogP contribution is 2.24. The smallest absolute Gasteiger partial charge is 0.299 e. The lowest BCUT2D eigenvalue weighted by Gasteiger charge is -2.28. The van der Waals surface area contributed by atoms with Gasteiger partial charge in [0.15, 0.2) is 6.04 Å². The van der Waals surface area contributed by atoms with Gasteiger partial charge in [0.05, 0.1) is 4.90 Å². The van der Waals surface area contributed by atoms with Crippen LogP contribution >= 0.6 is 0 Å². The maximum absolute atomic E-state index is 13.0. The number of likely N-dealkylation sites (tertiary alicyclic amines) is 1. The summed E-state index contributed by atoms with van der Waals surface area (Å²) in [6, 6.07) is 14.4. The molecule has 1 amide bonds. The highest BCUT2D eigenvalue weighted by molar-refractivity contribution is 7.90. The third-order valence-electron chi connectivity index (χ3n) is 4.61. The lowest BCUT2D eigenvalue weighted by Crippen LogP contribution is -2.38. The summed E-state index contributed by atoms with van der Waals surface area (Å²) in [5.74, 6) is -0.205. The molecule has 1 saturated heterocycles. The minimum absolute atomic E-state index is 0.0640. The van der Waals surface area contributed by atoms with E-state index in [-0.39, 0.29) is 10.8 Å². The Morgan fingerprint density at radius 3 is 2.22 bits per heavy atom. The first kappa shape index (κ1) is 19.2. The van der Waals surface area contributed by atoms with Gasteiger partial charge < -0.3 is 4.90 Å². The molecule has 142 valence electrons. The van der Waals surface area contributed by atoms with Crippen molar-refractivity contribution < 1.29 is 13.2 Å². The molecule has 0 saturated carbocycles. The van der Waals surface area contributed by atoms with E-state index in [9.17, 15) is 13.2 Å². The number of piperidine rings is 1. The maximum Gasteiger partial charge on any atom is 0.299 e. The minimum Gasteiger partial charge on any atom is -0.340 e. The molecule has 1 aliphatic heterocycles. The Hall–Kier alpha value is -2.54. The van der Waals surface area contributed by atoms with Gasteiger partial charge in [-0.05, 0) is 43.9 Å². The van der Waals surface area contributed by atoms with Crippen LogP contribution in [0.25, 0.3) is 0 Å². The van der Waals surface area contributed by atoms with Crippen LogP contribution in [0.15, 0.2) is 69.1 Å². The van der Waals surface area contributed by atoms with Crippen molar-refractivity contribution in [2.24, 2.45) is 9.63 Å². The largest absolute Gasteiger partial charge is 0.340 e. The number of hydrogen-bond donors (Lipinski definition) is 0. The number of carbonyl (C=O) groups is 1. The number of sulfonamides is 1. The molecule has 0 bridgehead atoms. The van der Waals surface area contributed by atoms with E-state index < -0.39 is 16.1 Å². The monoisotopic (exact) mass is 385 g/mol. The zero-order chi connectivity index (χ0) is 19.3. The lowest BCUT2D eigenvalue weighted by atomic mass is 10.0. The summed E-state index contributed by atoms with van der Waals surface area (Å²) in [4.78, 5) is 14.8. The van der Waals surface area contributed by atoms with Crippen molar-refractivity contribution in [3.63, 3.8) is 0 Å². The van der Waals surface area contributed by atoms with E-state index in [0.29, 0.717) is 18.7 Å². The molecular formula is C20H23N3O3S. The van der Waals surface area contributed by atoms with Gasteiger partial charge in [-0.3, -0.25) is 4.79 Å². The molecule has 1 atom stereocenters. The summed E-state index contributed by atoms with van der Waals surface area (Å²) in [6.45, 7) is 3.21. The summed E-state index contributed by atoms with van der Waals surface area (Å²) in [5.41, 5.74) is 1.59. The summed E-state index contributed by atoms with van der Waals surface area (Å²) in [6.07, 6.45) is 3.00. The zero-order valence-electron chi connectivity index (χ0n) is 15.3. The topological polar surface area (TPSA) is 79.2 Å². The van der Waals surface area contributed by atoms with E-state index in [1.54, 1.807) is 41.3 Å². The van der Waals surface area contributed by atoms with Gasteiger partial charge in [-0.1, -0.05) is 52.5 Å². The van der Waals surface area contributed by atoms with Crippen molar-refractivity contribution in [1.82, 2.24) is 4.90 Å². The van der Waals surface area contributed by atoms with E-state index in [4.69, 9.17) is 0 Å². The maximum atomic E-state index is 13.0. The fraction of sp³-hybridized carbons (Fsp3) is 0.350. The first-order valence-corrected chi connectivity index (χ1v) is 10.5. The van der Waals surface area contributed by atoms with Crippen LogP contribution in [0.4, 0.5) is 0 Å². The second kappa shape index (κ2) is 8.43. The molecule has 0 radical (unpaired) electrons. The normalized spacial score (nSPS) is 16.4. The summed E-state index contributed by atoms with van der Waals surface area (Å²) in [7, 11) is -3.96. The van der Waals surface area contributed by atoms with Gasteiger partial charge in [-0.25, -0.2) is 0 Å². The first-order chi connectivity index (χ1) is 13.0. The minimum atomic E-state index is -3.96.